The molecule has 7 heteroatoms. The van der Waals surface area contributed by atoms with Crippen LogP contribution in [0.15, 0.2) is 29.9 Å². The van der Waals surface area contributed by atoms with Crippen LogP contribution in [-0.2, 0) is 0 Å². The molecule has 3 heterocycles. The van der Waals surface area contributed by atoms with Crippen molar-refractivity contribution in [2.45, 2.75) is 0 Å². The van der Waals surface area contributed by atoms with Crippen molar-refractivity contribution in [3.05, 3.63) is 39.8 Å². The van der Waals surface area contributed by atoms with Crippen LogP contribution in [0, 0.1) is 0 Å². The van der Waals surface area contributed by atoms with Crippen LogP contribution >= 0.6 is 22.9 Å². The summed E-state index contributed by atoms with van der Waals surface area (Å²) in [6, 6.07) is 3.73. The second-order valence-electron chi connectivity index (χ2n) is 4.92. The summed E-state index contributed by atoms with van der Waals surface area (Å²) in [5, 5.41) is 2.51. The highest BCUT2D eigenvalue weighted by molar-refractivity contribution is 7.12. The van der Waals surface area contributed by atoms with Gasteiger partial charge in [0.25, 0.3) is 5.91 Å². The first-order chi connectivity index (χ1) is 10.7. The number of rotatable bonds is 3. The first kappa shape index (κ1) is 15.1. The summed E-state index contributed by atoms with van der Waals surface area (Å²) in [5.41, 5.74) is 0.970. The molecular weight excluding hydrogens is 322 g/mol. The van der Waals surface area contributed by atoms with E-state index in [2.05, 4.69) is 9.88 Å². The minimum atomic E-state index is 0.0346. The largest absolute Gasteiger partial charge is 0.495 e. The van der Waals surface area contributed by atoms with E-state index in [0.29, 0.717) is 28.7 Å². The number of hydrogen-bond donors (Lipinski definition) is 0. The summed E-state index contributed by atoms with van der Waals surface area (Å²) in [6.07, 6.45) is 3.38. The predicted molar refractivity (Wildman–Crippen MR) is 88.2 cm³/mol. The van der Waals surface area contributed by atoms with E-state index < -0.39 is 0 Å². The molecule has 0 radical (unpaired) electrons. The van der Waals surface area contributed by atoms with Gasteiger partial charge in [-0.3, -0.25) is 9.78 Å². The van der Waals surface area contributed by atoms with Crippen LogP contribution < -0.4 is 9.64 Å². The Morgan fingerprint density at radius 2 is 2.09 bits per heavy atom. The lowest BCUT2D eigenvalue weighted by Gasteiger charge is -2.36. The zero-order valence-electron chi connectivity index (χ0n) is 12.2. The molecule has 0 bridgehead atoms. The molecule has 3 rings (SSSR count). The lowest BCUT2D eigenvalue weighted by molar-refractivity contribution is 0.0748. The molecule has 0 aromatic carbocycles. The van der Waals surface area contributed by atoms with Crippen molar-refractivity contribution in [2.24, 2.45) is 0 Å². The number of carbonyl (C=O) groups is 1. The van der Waals surface area contributed by atoms with Crippen molar-refractivity contribution in [1.29, 1.82) is 0 Å². The molecule has 1 saturated heterocycles. The van der Waals surface area contributed by atoms with E-state index in [1.807, 2.05) is 22.4 Å². The minimum absolute atomic E-state index is 0.0346. The molecule has 0 unspecified atom stereocenters. The molecule has 1 aliphatic heterocycles. The van der Waals surface area contributed by atoms with Crippen molar-refractivity contribution in [1.82, 2.24) is 9.88 Å². The second-order valence-corrected chi connectivity index (χ2v) is 6.25. The molecule has 0 spiro atoms. The molecule has 22 heavy (non-hydrogen) atoms. The Kier molecular flexibility index (Phi) is 4.49. The number of ether oxygens (including phenoxy) is 1. The number of hydrogen-bond acceptors (Lipinski definition) is 5. The van der Waals surface area contributed by atoms with Gasteiger partial charge in [-0.2, -0.15) is 0 Å². The summed E-state index contributed by atoms with van der Waals surface area (Å²) in [4.78, 5) is 21.3. The number of halogens is 1. The summed E-state index contributed by atoms with van der Waals surface area (Å²) in [5.74, 6) is 0.682. The number of methoxy groups -OCH3 is 1. The fourth-order valence-electron chi connectivity index (χ4n) is 2.53. The van der Waals surface area contributed by atoms with Crippen molar-refractivity contribution in [3.63, 3.8) is 0 Å². The topological polar surface area (TPSA) is 45.7 Å². The van der Waals surface area contributed by atoms with Gasteiger partial charge < -0.3 is 14.5 Å². The van der Waals surface area contributed by atoms with Crippen LogP contribution in [0.25, 0.3) is 0 Å². The number of anilines is 1. The molecule has 0 saturated carbocycles. The third-order valence-corrected chi connectivity index (χ3v) is 4.88. The number of piperazine rings is 1. The Balaban J connectivity index is 1.67. The molecule has 0 aliphatic carbocycles. The lowest BCUT2D eigenvalue weighted by atomic mass is 10.2. The summed E-state index contributed by atoms with van der Waals surface area (Å²) in [6.45, 7) is 2.84. The molecule has 5 nitrogen and oxygen atoms in total. The summed E-state index contributed by atoms with van der Waals surface area (Å²) < 4.78 is 5.23. The normalized spacial score (nSPS) is 15.0. The van der Waals surface area contributed by atoms with Crippen molar-refractivity contribution in [3.8, 4) is 5.75 Å². The number of nitrogens with zero attached hydrogens (tertiary/aromatic N) is 3. The monoisotopic (exact) mass is 337 g/mol. The number of amides is 1. The Bertz CT molecular complexity index is 668. The van der Waals surface area contributed by atoms with Crippen LogP contribution in [0.1, 0.15) is 9.67 Å². The number of thiophene rings is 1. The second kappa shape index (κ2) is 6.54. The average molecular weight is 338 g/mol. The van der Waals surface area contributed by atoms with Gasteiger partial charge in [-0.05, 0) is 17.5 Å². The van der Waals surface area contributed by atoms with E-state index in [1.54, 1.807) is 19.5 Å². The van der Waals surface area contributed by atoms with Gasteiger partial charge in [0.05, 0.1) is 17.8 Å². The average Bonchev–Trinajstić information content (AvgIpc) is 3.03. The van der Waals surface area contributed by atoms with Gasteiger partial charge in [-0.25, -0.2) is 0 Å². The van der Waals surface area contributed by atoms with E-state index in [-0.39, 0.29) is 5.91 Å². The molecule has 2 aromatic rings. The smallest absolute Gasteiger partial charge is 0.267 e. The van der Waals surface area contributed by atoms with Gasteiger partial charge in [-0.15, -0.1) is 11.3 Å². The molecule has 0 atom stereocenters. The van der Waals surface area contributed by atoms with Crippen molar-refractivity contribution < 1.29 is 9.53 Å². The van der Waals surface area contributed by atoms with Gasteiger partial charge in [-0.1, -0.05) is 11.6 Å². The number of pyridine rings is 1. The zero-order chi connectivity index (χ0) is 15.5. The molecule has 116 valence electrons. The van der Waals surface area contributed by atoms with E-state index in [0.717, 1.165) is 18.8 Å². The van der Waals surface area contributed by atoms with E-state index in [1.165, 1.54) is 11.3 Å². The van der Waals surface area contributed by atoms with E-state index in [9.17, 15) is 4.79 Å². The Labute approximate surface area is 138 Å². The molecular formula is C15H16ClN3O2S. The van der Waals surface area contributed by atoms with E-state index >= 15 is 0 Å². The molecule has 0 N–H and O–H groups in total. The standard InChI is InChI=1S/C15H16ClN3O2S/c1-21-13-3-9-22-14(13)15(20)19-7-5-18(6-8-19)12-2-4-17-10-11(12)16/h2-4,9-10H,5-8H2,1H3. The van der Waals surface area contributed by atoms with Gasteiger partial charge in [0, 0.05) is 38.6 Å². The highest BCUT2D eigenvalue weighted by Crippen LogP contribution is 2.28. The first-order valence-electron chi connectivity index (χ1n) is 6.96. The predicted octanol–water partition coefficient (Wildman–Crippen LogP) is 2.77. The lowest BCUT2D eigenvalue weighted by Crippen LogP contribution is -2.48. The highest BCUT2D eigenvalue weighted by Gasteiger charge is 2.25. The van der Waals surface area contributed by atoms with Gasteiger partial charge in [0.2, 0.25) is 0 Å². The third kappa shape index (κ3) is 2.89. The Hall–Kier alpha value is -1.79. The number of carbonyl (C=O) groups excluding carboxylic acids is 1. The fourth-order valence-corrected chi connectivity index (χ4v) is 3.60. The van der Waals surface area contributed by atoms with Crippen LogP contribution in [0.3, 0.4) is 0 Å². The minimum Gasteiger partial charge on any atom is -0.495 e. The molecule has 1 amide bonds. The quantitative estimate of drug-likeness (QED) is 0.864. The van der Waals surface area contributed by atoms with Gasteiger partial charge >= 0.3 is 0 Å². The summed E-state index contributed by atoms with van der Waals surface area (Å²) >= 11 is 7.59. The molecule has 2 aromatic heterocycles. The van der Waals surface area contributed by atoms with Crippen LogP contribution in [-0.4, -0.2) is 49.1 Å². The highest BCUT2D eigenvalue weighted by atomic mass is 35.5. The zero-order valence-corrected chi connectivity index (χ0v) is 13.7. The van der Waals surface area contributed by atoms with Crippen LogP contribution in [0.5, 0.6) is 5.75 Å². The maximum absolute atomic E-state index is 12.6. The maximum Gasteiger partial charge on any atom is 0.267 e. The molecule has 1 aliphatic rings. The SMILES string of the molecule is COc1ccsc1C(=O)N1CCN(c2ccncc2Cl)CC1. The Morgan fingerprint density at radius 3 is 2.77 bits per heavy atom. The van der Waals surface area contributed by atoms with Crippen molar-refractivity contribution in [2.75, 3.05) is 38.2 Å². The van der Waals surface area contributed by atoms with Crippen molar-refractivity contribution >= 4 is 34.5 Å². The van der Waals surface area contributed by atoms with E-state index in [4.69, 9.17) is 16.3 Å². The van der Waals surface area contributed by atoms with Crippen LogP contribution in [0.2, 0.25) is 5.02 Å². The first-order valence-corrected chi connectivity index (χ1v) is 8.21. The molecule has 1 fully saturated rings. The number of aromatic nitrogens is 1. The maximum atomic E-state index is 12.6. The summed E-state index contributed by atoms with van der Waals surface area (Å²) in [7, 11) is 1.59. The third-order valence-electron chi connectivity index (χ3n) is 3.70. The van der Waals surface area contributed by atoms with Gasteiger partial charge in [0.15, 0.2) is 0 Å². The fraction of sp³-hybridized carbons (Fsp3) is 0.333. The van der Waals surface area contributed by atoms with Gasteiger partial charge in [0.1, 0.15) is 10.6 Å². The Morgan fingerprint density at radius 1 is 1.32 bits per heavy atom. The van der Waals surface area contributed by atoms with Crippen LogP contribution in [0.4, 0.5) is 5.69 Å².